The van der Waals surface area contributed by atoms with Gasteiger partial charge < -0.3 is 10.0 Å². The van der Waals surface area contributed by atoms with Crippen molar-refractivity contribution in [3.63, 3.8) is 0 Å². The van der Waals surface area contributed by atoms with Gasteiger partial charge in [-0.1, -0.05) is 0 Å². The van der Waals surface area contributed by atoms with Crippen LogP contribution >= 0.6 is 0 Å². The second-order valence-electron chi connectivity index (χ2n) is 4.20. The van der Waals surface area contributed by atoms with E-state index in [4.69, 9.17) is 5.11 Å². The lowest BCUT2D eigenvalue weighted by atomic mass is 10.1. The molecule has 1 aromatic rings. The summed E-state index contributed by atoms with van der Waals surface area (Å²) in [4.78, 5) is 23.9. The minimum Gasteiger partial charge on any atom is -0.481 e. The van der Waals surface area contributed by atoms with E-state index in [9.17, 15) is 18.4 Å². The summed E-state index contributed by atoms with van der Waals surface area (Å²) in [7, 11) is 0. The van der Waals surface area contributed by atoms with E-state index in [-0.39, 0.29) is 18.7 Å². The molecule has 0 bridgehead atoms. The van der Waals surface area contributed by atoms with Crippen molar-refractivity contribution < 1.29 is 23.5 Å². The van der Waals surface area contributed by atoms with Gasteiger partial charge in [0, 0.05) is 19.2 Å². The summed E-state index contributed by atoms with van der Waals surface area (Å²) < 4.78 is 26.1. The molecule has 0 saturated carbocycles. The number of benzene rings is 1. The molecule has 4 nitrogen and oxygen atoms in total. The molecule has 1 aliphatic rings. The third-order valence-electron chi connectivity index (χ3n) is 2.99. The lowest BCUT2D eigenvalue weighted by molar-refractivity contribution is -0.141. The molecule has 2 rings (SSSR count). The molecule has 1 aliphatic heterocycles. The Morgan fingerprint density at radius 2 is 2.06 bits per heavy atom. The van der Waals surface area contributed by atoms with Crippen LogP contribution in [0.2, 0.25) is 0 Å². The van der Waals surface area contributed by atoms with Gasteiger partial charge in [0.05, 0.1) is 11.5 Å². The summed E-state index contributed by atoms with van der Waals surface area (Å²) in [5.74, 6) is -3.87. The van der Waals surface area contributed by atoms with Crippen molar-refractivity contribution in [3.8, 4) is 0 Å². The number of nitrogens with zero attached hydrogens (tertiary/aromatic N) is 1. The highest BCUT2D eigenvalue weighted by Crippen LogP contribution is 2.20. The SMILES string of the molecule is O=C(O)[C@@H]1CCN(C(=O)c2ccc(F)cc2F)C1. The number of carboxylic acid groups (broad SMARTS) is 1. The third kappa shape index (κ3) is 2.32. The molecule has 1 saturated heterocycles. The van der Waals surface area contributed by atoms with Crippen LogP contribution in [0.1, 0.15) is 16.8 Å². The van der Waals surface area contributed by atoms with Crippen LogP contribution in [0.3, 0.4) is 0 Å². The fourth-order valence-electron chi connectivity index (χ4n) is 1.98. The minimum atomic E-state index is -0.968. The number of hydrogen-bond acceptors (Lipinski definition) is 2. The van der Waals surface area contributed by atoms with Gasteiger partial charge in [-0.3, -0.25) is 9.59 Å². The van der Waals surface area contributed by atoms with Crippen LogP contribution in [-0.2, 0) is 4.79 Å². The van der Waals surface area contributed by atoms with Crippen molar-refractivity contribution in [2.24, 2.45) is 5.92 Å². The van der Waals surface area contributed by atoms with Crippen molar-refractivity contribution >= 4 is 11.9 Å². The maximum atomic E-state index is 13.4. The molecule has 18 heavy (non-hydrogen) atoms. The van der Waals surface area contributed by atoms with Crippen LogP contribution in [-0.4, -0.2) is 35.0 Å². The van der Waals surface area contributed by atoms with E-state index in [0.29, 0.717) is 12.5 Å². The van der Waals surface area contributed by atoms with Crippen LogP contribution < -0.4 is 0 Å². The Labute approximate surface area is 102 Å². The van der Waals surface area contributed by atoms with Gasteiger partial charge in [0.2, 0.25) is 0 Å². The first kappa shape index (κ1) is 12.5. The predicted molar refractivity (Wildman–Crippen MR) is 58.0 cm³/mol. The van der Waals surface area contributed by atoms with Gasteiger partial charge in [0.15, 0.2) is 0 Å². The van der Waals surface area contributed by atoms with E-state index < -0.39 is 29.4 Å². The average Bonchev–Trinajstić information content (AvgIpc) is 2.77. The zero-order valence-electron chi connectivity index (χ0n) is 9.40. The number of halogens is 2. The number of likely N-dealkylation sites (tertiary alicyclic amines) is 1. The number of aliphatic carboxylic acids is 1. The topological polar surface area (TPSA) is 57.6 Å². The summed E-state index contributed by atoms with van der Waals surface area (Å²) in [6.45, 7) is 0.331. The maximum Gasteiger partial charge on any atom is 0.308 e. The van der Waals surface area contributed by atoms with Crippen LogP contribution in [0, 0.1) is 17.6 Å². The first-order valence-corrected chi connectivity index (χ1v) is 5.46. The van der Waals surface area contributed by atoms with Gasteiger partial charge in [-0.15, -0.1) is 0 Å². The van der Waals surface area contributed by atoms with E-state index in [0.717, 1.165) is 12.1 Å². The zero-order valence-corrected chi connectivity index (χ0v) is 9.40. The Bertz CT molecular complexity index is 504. The minimum absolute atomic E-state index is 0.0605. The van der Waals surface area contributed by atoms with Crippen molar-refractivity contribution in [1.82, 2.24) is 4.90 Å². The molecule has 6 heteroatoms. The number of carboxylic acids is 1. The van der Waals surface area contributed by atoms with Crippen LogP contribution in [0.4, 0.5) is 8.78 Å². The van der Waals surface area contributed by atoms with Crippen molar-refractivity contribution in [2.45, 2.75) is 6.42 Å². The molecule has 1 amide bonds. The highest BCUT2D eigenvalue weighted by atomic mass is 19.1. The zero-order chi connectivity index (χ0) is 13.3. The molecule has 0 spiro atoms. The summed E-state index contributed by atoms with van der Waals surface area (Å²) in [5.41, 5.74) is -0.234. The molecule has 0 radical (unpaired) electrons. The maximum absolute atomic E-state index is 13.4. The number of carbonyl (C=O) groups is 2. The standard InChI is InChI=1S/C12H11F2NO3/c13-8-1-2-9(10(14)5-8)11(16)15-4-3-7(6-15)12(17)18/h1-2,5,7H,3-4,6H2,(H,17,18)/t7-/m1/s1. The second-order valence-corrected chi connectivity index (χ2v) is 4.20. The molecule has 0 unspecified atom stereocenters. The summed E-state index contributed by atoms with van der Waals surface area (Å²) >= 11 is 0. The largest absolute Gasteiger partial charge is 0.481 e. The Morgan fingerprint density at radius 3 is 2.61 bits per heavy atom. The Balaban J connectivity index is 2.15. The van der Waals surface area contributed by atoms with E-state index >= 15 is 0 Å². The first-order chi connectivity index (χ1) is 8.49. The van der Waals surface area contributed by atoms with Crippen molar-refractivity contribution in [1.29, 1.82) is 0 Å². The first-order valence-electron chi connectivity index (χ1n) is 5.46. The summed E-state index contributed by atoms with van der Waals surface area (Å²) in [6.07, 6.45) is 0.351. The Hall–Kier alpha value is -1.98. The molecular weight excluding hydrogens is 244 g/mol. The second kappa shape index (κ2) is 4.72. The summed E-state index contributed by atoms with van der Waals surface area (Å²) in [5, 5.41) is 8.81. The normalized spacial score (nSPS) is 19.0. The average molecular weight is 255 g/mol. The van der Waals surface area contributed by atoms with Gasteiger partial charge in [-0.2, -0.15) is 0 Å². The molecule has 1 aromatic carbocycles. The molecule has 1 heterocycles. The molecule has 96 valence electrons. The molecule has 1 fully saturated rings. The lowest BCUT2D eigenvalue weighted by Crippen LogP contribution is -2.30. The number of hydrogen-bond donors (Lipinski definition) is 1. The molecular formula is C12H11F2NO3. The smallest absolute Gasteiger partial charge is 0.308 e. The Morgan fingerprint density at radius 1 is 1.33 bits per heavy atom. The van der Waals surface area contributed by atoms with E-state index in [2.05, 4.69) is 0 Å². The molecule has 0 aromatic heterocycles. The summed E-state index contributed by atoms with van der Waals surface area (Å²) in [6, 6.07) is 2.71. The fourth-order valence-corrected chi connectivity index (χ4v) is 1.98. The quantitative estimate of drug-likeness (QED) is 0.871. The fraction of sp³-hybridized carbons (Fsp3) is 0.333. The number of rotatable bonds is 2. The predicted octanol–water partition coefficient (Wildman–Crippen LogP) is 1.51. The monoisotopic (exact) mass is 255 g/mol. The molecule has 1 atom stereocenters. The van der Waals surface area contributed by atoms with Gasteiger partial charge in [0.25, 0.3) is 5.91 Å². The third-order valence-corrected chi connectivity index (χ3v) is 2.99. The molecule has 1 N–H and O–H groups in total. The number of amides is 1. The van der Waals surface area contributed by atoms with Gasteiger partial charge >= 0.3 is 5.97 Å². The molecule has 0 aliphatic carbocycles. The Kier molecular flexibility index (Phi) is 3.27. The van der Waals surface area contributed by atoms with Crippen molar-refractivity contribution in [2.75, 3.05) is 13.1 Å². The van der Waals surface area contributed by atoms with Crippen LogP contribution in [0.15, 0.2) is 18.2 Å². The lowest BCUT2D eigenvalue weighted by Gasteiger charge is -2.16. The number of carbonyl (C=O) groups excluding carboxylic acids is 1. The highest BCUT2D eigenvalue weighted by Gasteiger charge is 2.32. The van der Waals surface area contributed by atoms with Crippen molar-refractivity contribution in [3.05, 3.63) is 35.4 Å². The highest BCUT2D eigenvalue weighted by molar-refractivity contribution is 5.95. The van der Waals surface area contributed by atoms with E-state index in [1.165, 1.54) is 4.90 Å². The van der Waals surface area contributed by atoms with E-state index in [1.807, 2.05) is 0 Å². The van der Waals surface area contributed by atoms with E-state index in [1.54, 1.807) is 0 Å². The van der Waals surface area contributed by atoms with Gasteiger partial charge in [0.1, 0.15) is 11.6 Å². The van der Waals surface area contributed by atoms with Crippen LogP contribution in [0.25, 0.3) is 0 Å². The van der Waals surface area contributed by atoms with Gasteiger partial charge in [-0.25, -0.2) is 8.78 Å². The van der Waals surface area contributed by atoms with Gasteiger partial charge in [-0.05, 0) is 18.6 Å². The van der Waals surface area contributed by atoms with Crippen LogP contribution in [0.5, 0.6) is 0 Å².